The molecular formula is C22H22N2O2. The molecule has 26 heavy (non-hydrogen) atoms. The van der Waals surface area contributed by atoms with Crippen molar-refractivity contribution in [3.8, 4) is 18.1 Å². The zero-order chi connectivity index (χ0) is 17.9. The summed E-state index contributed by atoms with van der Waals surface area (Å²) in [6, 6.07) is 16.6. The number of benzene rings is 2. The molecule has 0 bridgehead atoms. The van der Waals surface area contributed by atoms with Gasteiger partial charge in [0.15, 0.2) is 0 Å². The lowest BCUT2D eigenvalue weighted by atomic mass is 9.94. The number of terminal acetylenes is 1. The van der Waals surface area contributed by atoms with Gasteiger partial charge in [-0.15, -0.1) is 6.42 Å². The van der Waals surface area contributed by atoms with Gasteiger partial charge >= 0.3 is 0 Å². The number of ether oxygens (including phenoxy) is 1. The van der Waals surface area contributed by atoms with Crippen LogP contribution in [0, 0.1) is 25.2 Å². The van der Waals surface area contributed by atoms with E-state index < -0.39 is 0 Å². The number of hydrogen-bond donors (Lipinski definition) is 0. The van der Waals surface area contributed by atoms with E-state index in [1.54, 1.807) is 0 Å². The lowest BCUT2D eigenvalue weighted by molar-refractivity contribution is 0.0745. The van der Waals surface area contributed by atoms with Gasteiger partial charge < -0.3 is 9.57 Å². The largest absolute Gasteiger partial charge is 0.481 e. The lowest BCUT2D eigenvalue weighted by Crippen LogP contribution is -2.23. The maximum absolute atomic E-state index is 5.72. The second-order valence-electron chi connectivity index (χ2n) is 6.93. The van der Waals surface area contributed by atoms with Gasteiger partial charge in [-0.25, -0.2) is 0 Å². The molecule has 1 fully saturated rings. The molecule has 0 aromatic heterocycles. The molecule has 2 heterocycles. The average molecular weight is 346 g/mol. The molecular weight excluding hydrogens is 324 g/mol. The molecule has 0 spiro atoms. The van der Waals surface area contributed by atoms with Gasteiger partial charge in [-0.1, -0.05) is 53.0 Å². The summed E-state index contributed by atoms with van der Waals surface area (Å²) in [4.78, 5) is 8.13. The Morgan fingerprint density at radius 3 is 2.88 bits per heavy atom. The summed E-state index contributed by atoms with van der Waals surface area (Å²) >= 11 is 0. The first kappa shape index (κ1) is 16.7. The topological polar surface area (TPSA) is 34.1 Å². The van der Waals surface area contributed by atoms with Crippen molar-refractivity contribution in [2.45, 2.75) is 19.6 Å². The Labute approximate surface area is 154 Å². The first-order valence-electron chi connectivity index (χ1n) is 8.91. The fourth-order valence-electron chi connectivity index (χ4n) is 3.65. The van der Waals surface area contributed by atoms with Gasteiger partial charge in [0, 0.05) is 19.6 Å². The quantitative estimate of drug-likeness (QED) is 0.780. The summed E-state index contributed by atoms with van der Waals surface area (Å²) in [6.45, 7) is 5.09. The molecule has 2 aliphatic rings. The normalized spacial score (nSPS) is 21.6. The molecule has 0 saturated carbocycles. The van der Waals surface area contributed by atoms with Gasteiger partial charge in [0.1, 0.15) is 18.5 Å². The number of aryl methyl sites for hydroxylation is 1. The van der Waals surface area contributed by atoms with Crippen LogP contribution in [0.25, 0.3) is 0 Å². The van der Waals surface area contributed by atoms with E-state index in [0.29, 0.717) is 12.5 Å². The van der Waals surface area contributed by atoms with Crippen LogP contribution in [-0.4, -0.2) is 36.4 Å². The maximum atomic E-state index is 5.72. The van der Waals surface area contributed by atoms with Crippen LogP contribution in [0.1, 0.15) is 16.7 Å². The summed E-state index contributed by atoms with van der Waals surface area (Å²) in [5.74, 6) is 3.65. The minimum Gasteiger partial charge on any atom is -0.481 e. The van der Waals surface area contributed by atoms with Crippen molar-refractivity contribution in [3.63, 3.8) is 0 Å². The number of likely N-dealkylation sites (tertiary alicyclic amines) is 1. The molecule has 2 aromatic carbocycles. The molecule has 0 aliphatic carbocycles. The van der Waals surface area contributed by atoms with E-state index in [0.717, 1.165) is 36.7 Å². The Bertz CT molecular complexity index is 851. The predicted molar refractivity (Wildman–Crippen MR) is 102 cm³/mol. The van der Waals surface area contributed by atoms with Crippen molar-refractivity contribution < 1.29 is 9.57 Å². The molecule has 2 aromatic rings. The summed E-state index contributed by atoms with van der Waals surface area (Å²) in [7, 11) is 0. The molecule has 132 valence electrons. The van der Waals surface area contributed by atoms with Crippen molar-refractivity contribution in [2.75, 3.05) is 19.7 Å². The Morgan fingerprint density at radius 2 is 2.08 bits per heavy atom. The highest BCUT2D eigenvalue weighted by atomic mass is 16.6. The Balaban J connectivity index is 1.42. The van der Waals surface area contributed by atoms with E-state index in [1.807, 2.05) is 12.1 Å². The fourth-order valence-corrected chi connectivity index (χ4v) is 3.65. The highest BCUT2D eigenvalue weighted by Gasteiger charge is 2.42. The van der Waals surface area contributed by atoms with Gasteiger partial charge in [-0.3, -0.25) is 4.90 Å². The van der Waals surface area contributed by atoms with E-state index in [-0.39, 0.29) is 6.10 Å². The van der Waals surface area contributed by atoms with E-state index in [4.69, 9.17) is 16.0 Å². The minimum absolute atomic E-state index is 0.146. The molecule has 4 nitrogen and oxygen atoms in total. The fraction of sp³-hybridized carbons (Fsp3) is 0.318. The highest BCUT2D eigenvalue weighted by molar-refractivity contribution is 6.03. The molecule has 0 N–H and O–H groups in total. The third kappa shape index (κ3) is 3.44. The molecule has 2 unspecified atom stereocenters. The standard InChI is InChI=1S/C22H22N2O2/c1-3-11-25-19-6-4-5-17(12-19)13-24-14-20-21(15-24)26-23-22(20)18-9-7-16(2)8-10-18/h1,4-10,12,20-21H,11,13-15H2,2H3. The second-order valence-corrected chi connectivity index (χ2v) is 6.93. The lowest BCUT2D eigenvalue weighted by Gasteiger charge is -2.17. The highest BCUT2D eigenvalue weighted by Crippen LogP contribution is 2.31. The summed E-state index contributed by atoms with van der Waals surface area (Å²) in [5, 5.41) is 4.36. The molecule has 1 saturated heterocycles. The van der Waals surface area contributed by atoms with Crippen LogP contribution in [0.4, 0.5) is 0 Å². The van der Waals surface area contributed by atoms with Gasteiger partial charge in [0.05, 0.1) is 11.6 Å². The number of fused-ring (bicyclic) bond motifs is 1. The zero-order valence-corrected chi connectivity index (χ0v) is 14.9. The van der Waals surface area contributed by atoms with Crippen LogP contribution in [-0.2, 0) is 11.4 Å². The van der Waals surface area contributed by atoms with E-state index in [9.17, 15) is 0 Å². The number of nitrogens with zero attached hydrogens (tertiary/aromatic N) is 2. The summed E-state index contributed by atoms with van der Waals surface area (Å²) in [6.07, 6.45) is 5.41. The van der Waals surface area contributed by atoms with Crippen LogP contribution in [0.2, 0.25) is 0 Å². The smallest absolute Gasteiger partial charge is 0.149 e. The van der Waals surface area contributed by atoms with Crippen LogP contribution in [0.15, 0.2) is 53.7 Å². The zero-order valence-electron chi connectivity index (χ0n) is 14.9. The van der Waals surface area contributed by atoms with Gasteiger partial charge in [-0.2, -0.15) is 0 Å². The maximum Gasteiger partial charge on any atom is 0.149 e. The predicted octanol–water partition coefficient (Wildman–Crippen LogP) is 3.24. The van der Waals surface area contributed by atoms with Crippen molar-refractivity contribution in [2.24, 2.45) is 11.1 Å². The number of rotatable bonds is 5. The second kappa shape index (κ2) is 7.23. The van der Waals surface area contributed by atoms with Crippen molar-refractivity contribution in [1.29, 1.82) is 0 Å². The molecule has 0 radical (unpaired) electrons. The SMILES string of the molecule is C#CCOc1cccc(CN2CC3ON=C(c4ccc(C)cc4)C3C2)c1. The Morgan fingerprint density at radius 1 is 1.23 bits per heavy atom. The Kier molecular flexibility index (Phi) is 4.64. The van der Waals surface area contributed by atoms with Crippen LogP contribution >= 0.6 is 0 Å². The molecule has 4 rings (SSSR count). The number of hydrogen-bond acceptors (Lipinski definition) is 4. The third-order valence-corrected chi connectivity index (χ3v) is 4.95. The van der Waals surface area contributed by atoms with Crippen LogP contribution in [0.5, 0.6) is 5.75 Å². The van der Waals surface area contributed by atoms with E-state index in [1.165, 1.54) is 11.1 Å². The molecule has 2 aliphatic heterocycles. The van der Waals surface area contributed by atoms with Crippen molar-refractivity contribution in [1.82, 2.24) is 4.90 Å². The van der Waals surface area contributed by atoms with Gasteiger partial charge in [-0.05, 0) is 30.2 Å². The van der Waals surface area contributed by atoms with Crippen molar-refractivity contribution >= 4 is 5.71 Å². The first-order valence-corrected chi connectivity index (χ1v) is 8.91. The van der Waals surface area contributed by atoms with Crippen LogP contribution in [0.3, 0.4) is 0 Å². The summed E-state index contributed by atoms with van der Waals surface area (Å²) in [5.41, 5.74) is 4.70. The van der Waals surface area contributed by atoms with Gasteiger partial charge in [0.25, 0.3) is 0 Å². The Hall–Kier alpha value is -2.77. The first-order chi connectivity index (χ1) is 12.7. The monoisotopic (exact) mass is 346 g/mol. The molecule has 4 heteroatoms. The van der Waals surface area contributed by atoms with E-state index >= 15 is 0 Å². The minimum atomic E-state index is 0.146. The molecule has 0 amide bonds. The number of oxime groups is 1. The van der Waals surface area contributed by atoms with Crippen molar-refractivity contribution in [3.05, 3.63) is 65.2 Å². The van der Waals surface area contributed by atoms with Crippen LogP contribution < -0.4 is 4.74 Å². The van der Waals surface area contributed by atoms with E-state index in [2.05, 4.69) is 59.3 Å². The van der Waals surface area contributed by atoms with Gasteiger partial charge in [0.2, 0.25) is 0 Å². The third-order valence-electron chi connectivity index (χ3n) is 4.95. The molecule has 2 atom stereocenters. The summed E-state index contributed by atoms with van der Waals surface area (Å²) < 4.78 is 5.52. The average Bonchev–Trinajstić information content (AvgIpc) is 3.21.